The highest BCUT2D eigenvalue weighted by atomic mass is 19.1. The Kier molecular flexibility index (Phi) is 4.71. The zero-order valence-corrected chi connectivity index (χ0v) is 11.4. The van der Waals surface area contributed by atoms with E-state index in [1.54, 1.807) is 6.07 Å². The maximum Gasteiger partial charge on any atom is 0.305 e. The Labute approximate surface area is 117 Å². The highest BCUT2D eigenvalue weighted by Crippen LogP contribution is 2.31. The van der Waals surface area contributed by atoms with Gasteiger partial charge in [0.05, 0.1) is 13.2 Å². The number of rotatable bonds is 5. The first-order chi connectivity index (χ1) is 9.60. The predicted octanol–water partition coefficient (Wildman–Crippen LogP) is 2.27. The van der Waals surface area contributed by atoms with Crippen molar-refractivity contribution in [3.63, 3.8) is 0 Å². The van der Waals surface area contributed by atoms with Crippen LogP contribution in [-0.4, -0.2) is 19.0 Å². The van der Waals surface area contributed by atoms with Crippen molar-refractivity contribution < 1.29 is 18.7 Å². The number of benzene rings is 1. The fraction of sp³-hybridized carbons (Fsp3) is 0.467. The number of carbonyl (C=O) groups is 2. The number of esters is 1. The van der Waals surface area contributed by atoms with Gasteiger partial charge in [-0.2, -0.15) is 0 Å². The first-order valence-electron chi connectivity index (χ1n) is 6.74. The van der Waals surface area contributed by atoms with Crippen LogP contribution in [0.25, 0.3) is 0 Å². The highest BCUT2D eigenvalue weighted by Gasteiger charge is 2.24. The molecule has 20 heavy (non-hydrogen) atoms. The number of methoxy groups -OCH3 is 1. The second kappa shape index (κ2) is 6.50. The third-order valence-electron chi connectivity index (χ3n) is 3.53. The van der Waals surface area contributed by atoms with E-state index in [-0.39, 0.29) is 36.6 Å². The molecule has 2 rings (SSSR count). The lowest BCUT2D eigenvalue weighted by Gasteiger charge is -2.14. The number of fused-ring (bicyclic) bond motifs is 1. The van der Waals surface area contributed by atoms with Crippen LogP contribution in [0, 0.1) is 5.82 Å². The average Bonchev–Trinajstić information content (AvgIpc) is 2.81. The Morgan fingerprint density at radius 1 is 1.40 bits per heavy atom. The normalized spacial score (nSPS) is 16.6. The van der Waals surface area contributed by atoms with Gasteiger partial charge in [-0.25, -0.2) is 4.39 Å². The van der Waals surface area contributed by atoms with E-state index in [0.29, 0.717) is 6.42 Å². The molecule has 0 radical (unpaired) electrons. The van der Waals surface area contributed by atoms with E-state index in [4.69, 9.17) is 0 Å². The summed E-state index contributed by atoms with van der Waals surface area (Å²) in [5, 5.41) is 2.90. The minimum atomic E-state index is -0.314. The van der Waals surface area contributed by atoms with Gasteiger partial charge in [0.1, 0.15) is 5.82 Å². The molecule has 1 aromatic carbocycles. The summed E-state index contributed by atoms with van der Waals surface area (Å²) in [6.07, 6.45) is 2.61. The third kappa shape index (κ3) is 3.56. The number of amides is 1. The molecule has 0 bridgehead atoms. The molecule has 1 atom stereocenters. The van der Waals surface area contributed by atoms with E-state index in [1.165, 1.54) is 19.2 Å². The van der Waals surface area contributed by atoms with Crippen LogP contribution in [0.1, 0.15) is 42.9 Å². The molecule has 1 aliphatic rings. The molecule has 1 amide bonds. The molecule has 1 N–H and O–H groups in total. The monoisotopic (exact) mass is 279 g/mol. The SMILES string of the molecule is COC(=O)CCCC(=O)N[C@@H]1CCc2ccc(F)cc21. The second-order valence-corrected chi connectivity index (χ2v) is 4.93. The largest absolute Gasteiger partial charge is 0.469 e. The lowest BCUT2D eigenvalue weighted by Crippen LogP contribution is -2.27. The van der Waals surface area contributed by atoms with Gasteiger partial charge in [0.2, 0.25) is 5.91 Å². The van der Waals surface area contributed by atoms with E-state index >= 15 is 0 Å². The molecule has 0 aromatic heterocycles. The number of hydrogen-bond donors (Lipinski definition) is 1. The maximum atomic E-state index is 13.2. The Morgan fingerprint density at radius 2 is 2.20 bits per heavy atom. The second-order valence-electron chi connectivity index (χ2n) is 4.93. The lowest BCUT2D eigenvalue weighted by molar-refractivity contribution is -0.140. The van der Waals surface area contributed by atoms with Crippen LogP contribution in [0.2, 0.25) is 0 Å². The van der Waals surface area contributed by atoms with Crippen LogP contribution in [-0.2, 0) is 20.7 Å². The Bertz CT molecular complexity index is 516. The van der Waals surface area contributed by atoms with Crippen molar-refractivity contribution in [3.05, 3.63) is 35.1 Å². The summed E-state index contributed by atoms with van der Waals surface area (Å²) >= 11 is 0. The molecule has 4 nitrogen and oxygen atoms in total. The molecule has 0 spiro atoms. The van der Waals surface area contributed by atoms with E-state index in [0.717, 1.165) is 24.0 Å². The zero-order valence-electron chi connectivity index (χ0n) is 11.4. The summed E-state index contributed by atoms with van der Waals surface area (Å²) in [6, 6.07) is 4.58. The topological polar surface area (TPSA) is 55.4 Å². The van der Waals surface area contributed by atoms with Crippen molar-refractivity contribution in [2.45, 2.75) is 38.1 Å². The first-order valence-corrected chi connectivity index (χ1v) is 6.74. The molecule has 0 saturated carbocycles. The summed E-state index contributed by atoms with van der Waals surface area (Å²) < 4.78 is 17.8. The molecule has 0 aliphatic heterocycles. The number of carbonyl (C=O) groups excluding carboxylic acids is 2. The highest BCUT2D eigenvalue weighted by molar-refractivity contribution is 5.77. The minimum absolute atomic E-state index is 0.115. The fourth-order valence-electron chi connectivity index (χ4n) is 2.48. The van der Waals surface area contributed by atoms with Gasteiger partial charge in [-0.1, -0.05) is 6.07 Å². The van der Waals surface area contributed by atoms with Crippen LogP contribution in [0.5, 0.6) is 0 Å². The number of halogens is 1. The molecule has 0 unspecified atom stereocenters. The lowest BCUT2D eigenvalue weighted by atomic mass is 10.1. The Hall–Kier alpha value is -1.91. The number of aryl methyl sites for hydroxylation is 1. The summed E-state index contributed by atoms with van der Waals surface area (Å²) in [5.41, 5.74) is 1.96. The van der Waals surface area contributed by atoms with Gasteiger partial charge >= 0.3 is 5.97 Å². The van der Waals surface area contributed by atoms with Gasteiger partial charge in [-0.05, 0) is 42.5 Å². The molecular formula is C15H18FNO3. The summed E-state index contributed by atoms with van der Waals surface area (Å²) in [5.74, 6) is -0.710. The maximum absolute atomic E-state index is 13.2. The standard InChI is InChI=1S/C15H18FNO3/c1-20-15(19)4-2-3-14(18)17-13-8-6-10-5-7-11(16)9-12(10)13/h5,7,9,13H,2-4,6,8H2,1H3,(H,17,18)/t13-/m1/s1. The molecule has 0 heterocycles. The first kappa shape index (κ1) is 14.5. The molecule has 1 aliphatic carbocycles. The van der Waals surface area contributed by atoms with Gasteiger partial charge in [0.25, 0.3) is 0 Å². The smallest absolute Gasteiger partial charge is 0.305 e. The minimum Gasteiger partial charge on any atom is -0.469 e. The summed E-state index contributed by atoms with van der Waals surface area (Å²) in [4.78, 5) is 22.7. The van der Waals surface area contributed by atoms with Crippen LogP contribution < -0.4 is 5.32 Å². The number of nitrogens with one attached hydrogen (secondary N) is 1. The molecule has 1 aromatic rings. The van der Waals surface area contributed by atoms with Gasteiger partial charge in [-0.15, -0.1) is 0 Å². The zero-order chi connectivity index (χ0) is 14.5. The molecular weight excluding hydrogens is 261 g/mol. The summed E-state index contributed by atoms with van der Waals surface area (Å²) in [7, 11) is 1.33. The van der Waals surface area contributed by atoms with Crippen LogP contribution >= 0.6 is 0 Å². The van der Waals surface area contributed by atoms with Gasteiger partial charge in [0.15, 0.2) is 0 Å². The van der Waals surface area contributed by atoms with Crippen molar-refractivity contribution >= 4 is 11.9 Å². The number of hydrogen-bond acceptors (Lipinski definition) is 3. The van der Waals surface area contributed by atoms with Crippen LogP contribution in [0.15, 0.2) is 18.2 Å². The van der Waals surface area contributed by atoms with E-state index < -0.39 is 0 Å². The van der Waals surface area contributed by atoms with E-state index in [1.807, 2.05) is 0 Å². The Morgan fingerprint density at radius 3 is 2.95 bits per heavy atom. The molecule has 0 fully saturated rings. The van der Waals surface area contributed by atoms with Crippen LogP contribution in [0.4, 0.5) is 4.39 Å². The fourth-order valence-corrected chi connectivity index (χ4v) is 2.48. The van der Waals surface area contributed by atoms with Crippen molar-refractivity contribution in [2.24, 2.45) is 0 Å². The van der Waals surface area contributed by atoms with Crippen molar-refractivity contribution in [1.82, 2.24) is 5.32 Å². The van der Waals surface area contributed by atoms with Gasteiger partial charge in [0, 0.05) is 12.8 Å². The average molecular weight is 279 g/mol. The predicted molar refractivity (Wildman–Crippen MR) is 71.5 cm³/mol. The number of ether oxygens (including phenoxy) is 1. The van der Waals surface area contributed by atoms with E-state index in [2.05, 4.69) is 10.1 Å². The molecule has 0 saturated heterocycles. The quantitative estimate of drug-likeness (QED) is 0.841. The van der Waals surface area contributed by atoms with Crippen molar-refractivity contribution in [3.8, 4) is 0 Å². The Balaban J connectivity index is 1.85. The third-order valence-corrected chi connectivity index (χ3v) is 3.53. The van der Waals surface area contributed by atoms with E-state index in [9.17, 15) is 14.0 Å². The molecule has 108 valence electrons. The molecule has 5 heteroatoms. The van der Waals surface area contributed by atoms with Crippen molar-refractivity contribution in [2.75, 3.05) is 7.11 Å². The van der Waals surface area contributed by atoms with Gasteiger partial charge < -0.3 is 10.1 Å². The van der Waals surface area contributed by atoms with Gasteiger partial charge in [-0.3, -0.25) is 9.59 Å². The van der Waals surface area contributed by atoms with Crippen LogP contribution in [0.3, 0.4) is 0 Å². The van der Waals surface area contributed by atoms with Crippen molar-refractivity contribution in [1.29, 1.82) is 0 Å². The summed E-state index contributed by atoms with van der Waals surface area (Å²) in [6.45, 7) is 0.